The molecule has 1 unspecified atom stereocenters. The fourth-order valence-corrected chi connectivity index (χ4v) is 1.49. The number of hydrogen-bond donors (Lipinski definition) is 0. The first-order valence-corrected chi connectivity index (χ1v) is 5.07. The van der Waals surface area contributed by atoms with Gasteiger partial charge < -0.3 is 0 Å². The number of halogens is 9. The number of rotatable bonds is 3. The van der Waals surface area contributed by atoms with Gasteiger partial charge in [-0.1, -0.05) is 30.3 Å². The van der Waals surface area contributed by atoms with Gasteiger partial charge in [-0.25, -0.2) is 4.39 Å². The number of alkyl halides is 9. The van der Waals surface area contributed by atoms with Crippen LogP contribution in [0.3, 0.4) is 0 Å². The van der Waals surface area contributed by atoms with Gasteiger partial charge in [-0.3, -0.25) is 0 Å². The molecule has 0 aromatic heterocycles. The molecule has 114 valence electrons. The fourth-order valence-electron chi connectivity index (χ4n) is 1.49. The molecule has 1 atom stereocenters. The Balaban J connectivity index is 3.32. The third kappa shape index (κ3) is 2.71. The molecule has 1 aromatic carbocycles. The van der Waals surface area contributed by atoms with Gasteiger partial charge in [0.2, 0.25) is 0 Å². The Hall–Kier alpha value is -1.41. The molecule has 0 saturated carbocycles. The van der Waals surface area contributed by atoms with Crippen molar-refractivity contribution in [2.45, 2.75) is 30.4 Å². The molecule has 0 fully saturated rings. The van der Waals surface area contributed by atoms with Crippen molar-refractivity contribution >= 4 is 0 Å². The predicted octanol–water partition coefficient (Wildman–Crippen LogP) is 4.70. The minimum Gasteiger partial charge on any atom is -0.226 e. The van der Waals surface area contributed by atoms with E-state index in [2.05, 4.69) is 0 Å². The summed E-state index contributed by atoms with van der Waals surface area (Å²) >= 11 is 0. The molecule has 0 amide bonds. The van der Waals surface area contributed by atoms with Gasteiger partial charge in [-0.05, 0) is 5.56 Å². The molecule has 0 saturated heterocycles. The second-order valence-electron chi connectivity index (χ2n) is 4.03. The van der Waals surface area contributed by atoms with Crippen LogP contribution in [0.1, 0.15) is 5.56 Å². The molecule has 0 aliphatic heterocycles. The van der Waals surface area contributed by atoms with E-state index in [1.54, 1.807) is 0 Å². The minimum absolute atomic E-state index is 0.628. The van der Waals surface area contributed by atoms with E-state index >= 15 is 0 Å². The highest BCUT2D eigenvalue weighted by molar-refractivity contribution is 5.20. The summed E-state index contributed by atoms with van der Waals surface area (Å²) in [7, 11) is 0. The normalized spacial score (nSPS) is 16.9. The summed E-state index contributed by atoms with van der Waals surface area (Å²) in [5, 5.41) is 0. The van der Waals surface area contributed by atoms with Gasteiger partial charge in [0.15, 0.2) is 0 Å². The van der Waals surface area contributed by atoms with Gasteiger partial charge in [-0.2, -0.15) is 35.1 Å². The Morgan fingerprint density at radius 3 is 1.45 bits per heavy atom. The molecule has 0 heterocycles. The lowest BCUT2D eigenvalue weighted by molar-refractivity contribution is -0.382. The monoisotopic (exact) mass is 310 g/mol. The van der Waals surface area contributed by atoms with Crippen molar-refractivity contribution in [1.82, 2.24) is 0 Å². The van der Waals surface area contributed by atoms with Crippen LogP contribution in [0.4, 0.5) is 39.5 Å². The quantitative estimate of drug-likeness (QED) is 0.710. The first-order valence-electron chi connectivity index (χ1n) is 5.07. The van der Waals surface area contributed by atoms with Gasteiger partial charge >= 0.3 is 18.3 Å². The van der Waals surface area contributed by atoms with Crippen LogP contribution in [-0.4, -0.2) is 23.9 Å². The second kappa shape index (κ2) is 4.85. The van der Waals surface area contributed by atoms with Crippen LogP contribution in [-0.2, 0) is 6.42 Å². The summed E-state index contributed by atoms with van der Waals surface area (Å²) in [4.78, 5) is 0. The largest absolute Gasteiger partial charge is 0.457 e. The molecule has 1 aromatic rings. The molecular weight excluding hydrogens is 303 g/mol. The summed E-state index contributed by atoms with van der Waals surface area (Å²) in [5.74, 6) is -6.56. The lowest BCUT2D eigenvalue weighted by Crippen LogP contribution is -2.63. The molecule has 0 N–H and O–H groups in total. The highest BCUT2D eigenvalue weighted by atomic mass is 19.4. The van der Waals surface area contributed by atoms with Crippen molar-refractivity contribution in [1.29, 1.82) is 0 Å². The smallest absolute Gasteiger partial charge is 0.226 e. The van der Waals surface area contributed by atoms with Crippen LogP contribution in [0.5, 0.6) is 0 Å². The molecule has 20 heavy (non-hydrogen) atoms. The molecule has 0 bridgehead atoms. The van der Waals surface area contributed by atoms with E-state index in [0.29, 0.717) is 0 Å². The maximum Gasteiger partial charge on any atom is 0.457 e. The predicted molar refractivity (Wildman–Crippen MR) is 51.0 cm³/mol. The van der Waals surface area contributed by atoms with Crippen LogP contribution < -0.4 is 0 Å². The van der Waals surface area contributed by atoms with E-state index in [4.69, 9.17) is 0 Å². The molecule has 0 spiro atoms. The zero-order chi connectivity index (χ0) is 15.8. The van der Waals surface area contributed by atoms with Crippen molar-refractivity contribution in [3.63, 3.8) is 0 Å². The van der Waals surface area contributed by atoms with Crippen LogP contribution in [0.2, 0.25) is 0 Å². The molecule has 0 radical (unpaired) electrons. The van der Waals surface area contributed by atoms with Crippen molar-refractivity contribution in [2.75, 3.05) is 0 Å². The van der Waals surface area contributed by atoms with E-state index in [9.17, 15) is 39.5 Å². The maximum atomic E-state index is 13.7. The average Bonchev–Trinajstić information content (AvgIpc) is 2.27. The van der Waals surface area contributed by atoms with E-state index in [0.717, 1.165) is 24.3 Å². The first kappa shape index (κ1) is 16.6. The van der Waals surface area contributed by atoms with Gasteiger partial charge in [0.05, 0.1) is 0 Å². The Labute approximate surface area is 107 Å². The molecule has 0 aliphatic carbocycles. The molecular formula is C11H7F9. The van der Waals surface area contributed by atoms with Crippen LogP contribution in [0, 0.1) is 0 Å². The molecule has 9 heteroatoms. The van der Waals surface area contributed by atoms with Crippen LogP contribution in [0.15, 0.2) is 30.3 Å². The van der Waals surface area contributed by atoms with E-state index in [1.807, 2.05) is 0 Å². The molecule has 1 rings (SSSR count). The van der Waals surface area contributed by atoms with Crippen LogP contribution >= 0.6 is 0 Å². The maximum absolute atomic E-state index is 13.7. The summed E-state index contributed by atoms with van der Waals surface area (Å²) < 4.78 is 113. The van der Waals surface area contributed by atoms with Gasteiger partial charge in [0, 0.05) is 6.42 Å². The Kier molecular flexibility index (Phi) is 4.04. The van der Waals surface area contributed by atoms with Crippen molar-refractivity contribution < 1.29 is 39.5 Å². The molecule has 0 aliphatic rings. The van der Waals surface area contributed by atoms with Crippen molar-refractivity contribution in [3.8, 4) is 0 Å². The summed E-state index contributed by atoms with van der Waals surface area (Å²) in [6, 6.07) is 5.13. The van der Waals surface area contributed by atoms with Gasteiger partial charge in [-0.15, -0.1) is 0 Å². The Bertz CT molecular complexity index is 445. The SMILES string of the molecule is FC(F)(F)C(F)(F)C(F)(Cc1ccccc1)C(F)(F)F. The topological polar surface area (TPSA) is 0 Å². The second-order valence-corrected chi connectivity index (χ2v) is 4.03. The standard InChI is InChI=1S/C11H7F9/c12-8(10(15,16)17,9(13,14)11(18,19)20)6-7-4-2-1-3-5-7/h1-5H,6H2. The van der Waals surface area contributed by atoms with E-state index in [1.165, 1.54) is 6.07 Å². The van der Waals surface area contributed by atoms with Crippen molar-refractivity contribution in [2.24, 2.45) is 0 Å². The van der Waals surface area contributed by atoms with Crippen LogP contribution in [0.25, 0.3) is 0 Å². The lowest BCUT2D eigenvalue weighted by atomic mass is 9.88. The van der Waals surface area contributed by atoms with Gasteiger partial charge in [0.25, 0.3) is 5.67 Å². The summed E-state index contributed by atoms with van der Waals surface area (Å²) in [6.45, 7) is 0. The van der Waals surface area contributed by atoms with E-state index < -0.39 is 35.9 Å². The zero-order valence-corrected chi connectivity index (χ0v) is 9.50. The molecule has 0 nitrogen and oxygen atoms in total. The summed E-state index contributed by atoms with van der Waals surface area (Å²) in [6.07, 6.45) is -15.2. The zero-order valence-electron chi connectivity index (χ0n) is 9.50. The third-order valence-electron chi connectivity index (χ3n) is 2.59. The third-order valence-corrected chi connectivity index (χ3v) is 2.59. The highest BCUT2D eigenvalue weighted by Gasteiger charge is 2.80. The first-order chi connectivity index (χ1) is 8.83. The fraction of sp³-hybridized carbons (Fsp3) is 0.455. The minimum atomic E-state index is -6.66. The number of hydrogen-bond acceptors (Lipinski definition) is 0. The number of benzene rings is 1. The Morgan fingerprint density at radius 2 is 1.10 bits per heavy atom. The highest BCUT2D eigenvalue weighted by Crippen LogP contribution is 2.54. The lowest BCUT2D eigenvalue weighted by Gasteiger charge is -2.35. The van der Waals surface area contributed by atoms with Gasteiger partial charge in [0.1, 0.15) is 0 Å². The Morgan fingerprint density at radius 1 is 0.650 bits per heavy atom. The average molecular weight is 310 g/mol. The van der Waals surface area contributed by atoms with E-state index in [-0.39, 0.29) is 0 Å². The van der Waals surface area contributed by atoms with Crippen molar-refractivity contribution in [3.05, 3.63) is 35.9 Å². The summed E-state index contributed by atoms with van der Waals surface area (Å²) in [5.41, 5.74) is -6.36.